The molecule has 1 saturated heterocycles. The first-order valence-corrected chi connectivity index (χ1v) is 7.17. The molecule has 0 bridgehead atoms. The molecule has 3 unspecified atom stereocenters. The van der Waals surface area contributed by atoms with Gasteiger partial charge in [-0.3, -0.25) is 4.90 Å². The van der Waals surface area contributed by atoms with Gasteiger partial charge in [-0.1, -0.05) is 19.8 Å². The second-order valence-corrected chi connectivity index (χ2v) is 6.30. The molecule has 2 aliphatic rings. The van der Waals surface area contributed by atoms with Gasteiger partial charge in [-0.2, -0.15) is 0 Å². The molecule has 1 aliphatic heterocycles. The van der Waals surface area contributed by atoms with E-state index in [0.717, 1.165) is 32.2 Å². The normalized spacial score (nSPS) is 40.4. The Kier molecular flexibility index (Phi) is 4.45. The van der Waals surface area contributed by atoms with Gasteiger partial charge in [0.1, 0.15) is 0 Å². The van der Waals surface area contributed by atoms with Crippen molar-refractivity contribution in [3.05, 3.63) is 0 Å². The fraction of sp³-hybridized carbons (Fsp3) is 1.00. The van der Waals surface area contributed by atoms with E-state index in [-0.39, 0.29) is 0 Å². The van der Waals surface area contributed by atoms with E-state index in [1.807, 2.05) is 0 Å². The van der Waals surface area contributed by atoms with Gasteiger partial charge in [-0.05, 0) is 37.6 Å². The molecule has 17 heavy (non-hydrogen) atoms. The van der Waals surface area contributed by atoms with Crippen LogP contribution in [0.5, 0.6) is 0 Å². The van der Waals surface area contributed by atoms with Crippen molar-refractivity contribution in [3.63, 3.8) is 0 Å². The Labute approximate surface area is 106 Å². The molecule has 3 nitrogen and oxygen atoms in total. The number of rotatable bonds is 3. The Balaban J connectivity index is 1.97. The van der Waals surface area contributed by atoms with Crippen LogP contribution in [0.15, 0.2) is 0 Å². The van der Waals surface area contributed by atoms with E-state index in [4.69, 9.17) is 10.5 Å². The summed E-state index contributed by atoms with van der Waals surface area (Å²) in [6.07, 6.45) is 5.38. The Bertz CT molecular complexity index is 246. The van der Waals surface area contributed by atoms with E-state index in [0.29, 0.717) is 11.5 Å². The standard InChI is InChI=1S/C14H28N2O/c1-12-4-3-5-14(8-12,10-15)11-16-6-7-17-9-13(16)2/h12-13H,3-11,15H2,1-2H3. The minimum absolute atomic E-state index is 0.378. The third-order valence-electron chi connectivity index (χ3n) is 4.66. The first kappa shape index (κ1) is 13.3. The average molecular weight is 240 g/mol. The summed E-state index contributed by atoms with van der Waals surface area (Å²) in [5.74, 6) is 0.851. The lowest BCUT2D eigenvalue weighted by atomic mass is 9.69. The van der Waals surface area contributed by atoms with E-state index >= 15 is 0 Å². The third-order valence-corrected chi connectivity index (χ3v) is 4.66. The van der Waals surface area contributed by atoms with Crippen molar-refractivity contribution in [1.29, 1.82) is 0 Å². The molecular formula is C14H28N2O. The van der Waals surface area contributed by atoms with E-state index < -0.39 is 0 Å². The van der Waals surface area contributed by atoms with Crippen molar-refractivity contribution in [2.24, 2.45) is 17.1 Å². The van der Waals surface area contributed by atoms with Gasteiger partial charge in [0.2, 0.25) is 0 Å². The predicted octanol–water partition coefficient (Wildman–Crippen LogP) is 1.86. The summed E-state index contributed by atoms with van der Waals surface area (Å²) in [7, 11) is 0. The second-order valence-electron chi connectivity index (χ2n) is 6.30. The van der Waals surface area contributed by atoms with Crippen LogP contribution in [0.25, 0.3) is 0 Å². The van der Waals surface area contributed by atoms with Crippen molar-refractivity contribution in [1.82, 2.24) is 4.90 Å². The lowest BCUT2D eigenvalue weighted by Gasteiger charge is -2.45. The summed E-state index contributed by atoms with van der Waals surface area (Å²) in [5.41, 5.74) is 6.48. The molecule has 2 fully saturated rings. The fourth-order valence-electron chi connectivity index (χ4n) is 3.59. The molecule has 3 heteroatoms. The van der Waals surface area contributed by atoms with Gasteiger partial charge in [0.05, 0.1) is 13.2 Å². The summed E-state index contributed by atoms with van der Waals surface area (Å²) < 4.78 is 5.52. The molecule has 1 aliphatic carbocycles. The molecular weight excluding hydrogens is 212 g/mol. The van der Waals surface area contributed by atoms with E-state index in [1.165, 1.54) is 32.2 Å². The highest BCUT2D eigenvalue weighted by molar-refractivity contribution is 4.90. The zero-order valence-electron chi connectivity index (χ0n) is 11.5. The van der Waals surface area contributed by atoms with E-state index in [2.05, 4.69) is 18.7 Å². The van der Waals surface area contributed by atoms with Crippen LogP contribution in [0.2, 0.25) is 0 Å². The van der Waals surface area contributed by atoms with Crippen molar-refractivity contribution >= 4 is 0 Å². The largest absolute Gasteiger partial charge is 0.379 e. The van der Waals surface area contributed by atoms with Crippen LogP contribution in [-0.2, 0) is 4.74 Å². The number of nitrogens with zero attached hydrogens (tertiary/aromatic N) is 1. The van der Waals surface area contributed by atoms with Crippen LogP contribution in [0.1, 0.15) is 39.5 Å². The number of nitrogens with two attached hydrogens (primary N) is 1. The Morgan fingerprint density at radius 3 is 2.88 bits per heavy atom. The molecule has 0 aromatic heterocycles. The Morgan fingerprint density at radius 2 is 2.24 bits per heavy atom. The predicted molar refractivity (Wildman–Crippen MR) is 71.0 cm³/mol. The fourth-order valence-corrected chi connectivity index (χ4v) is 3.59. The molecule has 2 N–H and O–H groups in total. The zero-order chi connectivity index (χ0) is 12.3. The van der Waals surface area contributed by atoms with Crippen LogP contribution >= 0.6 is 0 Å². The molecule has 2 rings (SSSR count). The molecule has 0 aromatic rings. The van der Waals surface area contributed by atoms with Crippen LogP contribution < -0.4 is 5.73 Å². The van der Waals surface area contributed by atoms with Gasteiger partial charge in [0, 0.05) is 19.1 Å². The molecule has 0 aromatic carbocycles. The molecule has 100 valence electrons. The number of hydrogen-bond acceptors (Lipinski definition) is 3. The quantitative estimate of drug-likeness (QED) is 0.818. The van der Waals surface area contributed by atoms with Gasteiger partial charge in [-0.25, -0.2) is 0 Å². The lowest BCUT2D eigenvalue weighted by Crippen LogP contribution is -2.52. The summed E-state index contributed by atoms with van der Waals surface area (Å²) in [6, 6.07) is 0.560. The second kappa shape index (κ2) is 5.68. The topological polar surface area (TPSA) is 38.5 Å². The third kappa shape index (κ3) is 3.21. The monoisotopic (exact) mass is 240 g/mol. The van der Waals surface area contributed by atoms with Gasteiger partial charge >= 0.3 is 0 Å². The molecule has 0 spiro atoms. The van der Waals surface area contributed by atoms with Crippen molar-refractivity contribution in [2.75, 3.05) is 32.8 Å². The number of morpholine rings is 1. The number of hydrogen-bond donors (Lipinski definition) is 1. The minimum atomic E-state index is 0.378. The minimum Gasteiger partial charge on any atom is -0.379 e. The van der Waals surface area contributed by atoms with Crippen LogP contribution in [-0.4, -0.2) is 43.8 Å². The van der Waals surface area contributed by atoms with Gasteiger partial charge < -0.3 is 10.5 Å². The van der Waals surface area contributed by atoms with Crippen molar-refractivity contribution < 1.29 is 4.74 Å². The van der Waals surface area contributed by atoms with Gasteiger partial charge in [0.15, 0.2) is 0 Å². The highest BCUT2D eigenvalue weighted by atomic mass is 16.5. The van der Waals surface area contributed by atoms with E-state index in [9.17, 15) is 0 Å². The van der Waals surface area contributed by atoms with Gasteiger partial charge in [-0.15, -0.1) is 0 Å². The zero-order valence-corrected chi connectivity index (χ0v) is 11.5. The maximum Gasteiger partial charge on any atom is 0.0619 e. The lowest BCUT2D eigenvalue weighted by molar-refractivity contribution is -0.0289. The molecule has 0 amide bonds. The highest BCUT2D eigenvalue weighted by Gasteiger charge is 2.36. The number of ether oxygens (including phenoxy) is 1. The molecule has 1 heterocycles. The van der Waals surface area contributed by atoms with Gasteiger partial charge in [0.25, 0.3) is 0 Å². The Hall–Kier alpha value is -0.120. The maximum atomic E-state index is 6.11. The molecule has 0 radical (unpaired) electrons. The summed E-state index contributed by atoms with van der Waals surface area (Å²) in [4.78, 5) is 2.59. The van der Waals surface area contributed by atoms with Crippen molar-refractivity contribution in [3.8, 4) is 0 Å². The van der Waals surface area contributed by atoms with Crippen molar-refractivity contribution in [2.45, 2.75) is 45.6 Å². The molecule has 3 atom stereocenters. The van der Waals surface area contributed by atoms with Crippen LogP contribution in [0, 0.1) is 11.3 Å². The Morgan fingerprint density at radius 1 is 1.41 bits per heavy atom. The van der Waals surface area contributed by atoms with Crippen LogP contribution in [0.4, 0.5) is 0 Å². The summed E-state index contributed by atoms with van der Waals surface area (Å²) in [5, 5.41) is 0. The summed E-state index contributed by atoms with van der Waals surface area (Å²) >= 11 is 0. The first-order valence-electron chi connectivity index (χ1n) is 7.17. The maximum absolute atomic E-state index is 6.11. The first-order chi connectivity index (χ1) is 8.15. The highest BCUT2D eigenvalue weighted by Crippen LogP contribution is 2.39. The van der Waals surface area contributed by atoms with E-state index in [1.54, 1.807) is 0 Å². The average Bonchev–Trinajstić information content (AvgIpc) is 2.32. The molecule has 1 saturated carbocycles. The smallest absolute Gasteiger partial charge is 0.0619 e. The van der Waals surface area contributed by atoms with Crippen LogP contribution in [0.3, 0.4) is 0 Å². The SMILES string of the molecule is CC1CCCC(CN)(CN2CCOCC2C)C1. The summed E-state index contributed by atoms with van der Waals surface area (Å²) in [6.45, 7) is 9.54.